The first kappa shape index (κ1) is 26.3. The van der Waals surface area contributed by atoms with Gasteiger partial charge in [0.2, 0.25) is 0 Å². The van der Waals surface area contributed by atoms with E-state index >= 15 is 0 Å². The van der Waals surface area contributed by atoms with Crippen LogP contribution in [0.3, 0.4) is 0 Å². The Balaban J connectivity index is 1.27. The van der Waals surface area contributed by atoms with Gasteiger partial charge >= 0.3 is 6.03 Å². The fourth-order valence-corrected chi connectivity index (χ4v) is 5.52. The Bertz CT molecular complexity index is 1310. The highest BCUT2D eigenvalue weighted by molar-refractivity contribution is 5.89. The number of benzene rings is 1. The van der Waals surface area contributed by atoms with E-state index in [-0.39, 0.29) is 18.3 Å². The van der Waals surface area contributed by atoms with Gasteiger partial charge in [-0.2, -0.15) is 0 Å². The van der Waals surface area contributed by atoms with Crippen molar-refractivity contribution in [2.75, 3.05) is 31.2 Å². The molecule has 2 aromatic heterocycles. The maximum atomic E-state index is 11.5. The Kier molecular flexibility index (Phi) is 7.23. The largest absolute Gasteiger partial charge is 0.382 e. The fraction of sp³-hybridized carbons (Fsp3) is 0.538. The number of primary amides is 1. The van der Waals surface area contributed by atoms with Crippen molar-refractivity contribution in [1.29, 1.82) is 0 Å². The van der Waals surface area contributed by atoms with Crippen LogP contribution >= 0.6 is 0 Å². The zero-order valence-electron chi connectivity index (χ0n) is 22.3. The lowest BCUT2D eigenvalue weighted by Gasteiger charge is -2.27. The van der Waals surface area contributed by atoms with Crippen LogP contribution in [0.2, 0.25) is 0 Å². The molecule has 5 rings (SSSR count). The number of rotatable bonds is 9. The van der Waals surface area contributed by atoms with E-state index in [0.29, 0.717) is 23.5 Å². The van der Waals surface area contributed by atoms with Crippen molar-refractivity contribution in [3.8, 4) is 0 Å². The lowest BCUT2D eigenvalue weighted by atomic mass is 9.98. The summed E-state index contributed by atoms with van der Waals surface area (Å²) in [5.41, 5.74) is 15.6. The maximum absolute atomic E-state index is 11.5. The normalized spacial score (nSPS) is 24.2. The van der Waals surface area contributed by atoms with Crippen LogP contribution in [0.1, 0.15) is 44.5 Å². The van der Waals surface area contributed by atoms with Gasteiger partial charge in [-0.1, -0.05) is 19.1 Å². The third-order valence-electron chi connectivity index (χ3n) is 7.16. The second kappa shape index (κ2) is 10.4. The predicted octanol–water partition coefficient (Wildman–Crippen LogP) is 2.44. The predicted molar refractivity (Wildman–Crippen MR) is 142 cm³/mol. The lowest BCUT2D eigenvalue weighted by molar-refractivity contribution is -0.197. The lowest BCUT2D eigenvalue weighted by Crippen LogP contribution is -2.38. The van der Waals surface area contributed by atoms with Gasteiger partial charge in [0.15, 0.2) is 23.5 Å². The molecule has 2 amide bonds. The molecule has 0 unspecified atom stereocenters. The third-order valence-corrected chi connectivity index (χ3v) is 7.16. The minimum Gasteiger partial charge on any atom is -0.382 e. The Labute approximate surface area is 221 Å². The number of imidazole rings is 1. The number of aryl methyl sites for hydroxylation is 1. The van der Waals surface area contributed by atoms with Crippen molar-refractivity contribution in [2.45, 2.75) is 70.4 Å². The molecule has 4 atom stereocenters. The minimum absolute atomic E-state index is 0.219. The van der Waals surface area contributed by atoms with Crippen molar-refractivity contribution < 1.29 is 19.0 Å². The first-order valence-corrected chi connectivity index (χ1v) is 13.0. The molecule has 12 nitrogen and oxygen atoms in total. The van der Waals surface area contributed by atoms with Gasteiger partial charge < -0.3 is 35.9 Å². The Morgan fingerprint density at radius 2 is 2.00 bits per heavy atom. The second-order valence-corrected chi connectivity index (χ2v) is 10.4. The van der Waals surface area contributed by atoms with Gasteiger partial charge in [0.05, 0.1) is 6.33 Å². The number of ether oxygens (including phenoxy) is 3. The van der Waals surface area contributed by atoms with E-state index in [1.165, 1.54) is 11.9 Å². The first-order valence-electron chi connectivity index (χ1n) is 13.0. The second-order valence-electron chi connectivity index (χ2n) is 10.4. The van der Waals surface area contributed by atoms with Crippen LogP contribution in [0.4, 0.5) is 16.3 Å². The molecule has 2 aliphatic heterocycles. The summed E-state index contributed by atoms with van der Waals surface area (Å²) in [6.07, 6.45) is 4.44. The molecule has 0 radical (unpaired) electrons. The van der Waals surface area contributed by atoms with Crippen molar-refractivity contribution in [3.05, 3.63) is 42.0 Å². The molecule has 4 heterocycles. The van der Waals surface area contributed by atoms with E-state index in [2.05, 4.69) is 45.2 Å². The molecular formula is C26H36N8O4. The first-order chi connectivity index (χ1) is 18.2. The summed E-state index contributed by atoms with van der Waals surface area (Å²) in [4.78, 5) is 26.5. The summed E-state index contributed by atoms with van der Waals surface area (Å²) in [6.45, 7) is 7.43. The molecule has 2 fully saturated rings. The van der Waals surface area contributed by atoms with E-state index < -0.39 is 18.0 Å². The van der Waals surface area contributed by atoms with Crippen LogP contribution < -0.4 is 16.8 Å². The number of carbonyl (C=O) groups is 1. The van der Waals surface area contributed by atoms with Crippen molar-refractivity contribution in [2.24, 2.45) is 5.73 Å². The number of aromatic nitrogens is 4. The average molecular weight is 525 g/mol. The van der Waals surface area contributed by atoms with E-state index in [1.807, 2.05) is 30.5 Å². The number of hydrogen-bond acceptors (Lipinski definition) is 9. The molecule has 38 heavy (non-hydrogen) atoms. The zero-order valence-corrected chi connectivity index (χ0v) is 22.3. The average Bonchev–Trinajstić information content (AvgIpc) is 3.51. The number of nitrogens with one attached hydrogen (secondary N) is 1. The van der Waals surface area contributed by atoms with Gasteiger partial charge in [0, 0.05) is 12.2 Å². The molecule has 3 aromatic rings. The summed E-state index contributed by atoms with van der Waals surface area (Å²) in [7, 11) is 2.07. The van der Waals surface area contributed by atoms with Crippen LogP contribution in [0, 0.1) is 0 Å². The molecule has 12 heteroatoms. The number of nitrogens with two attached hydrogens (primary N) is 2. The van der Waals surface area contributed by atoms with Crippen molar-refractivity contribution in [3.63, 3.8) is 0 Å². The minimum atomic E-state index is -0.730. The van der Waals surface area contributed by atoms with E-state index in [9.17, 15) is 4.79 Å². The van der Waals surface area contributed by atoms with Crippen LogP contribution in [-0.4, -0.2) is 74.7 Å². The monoisotopic (exact) mass is 524 g/mol. The topological polar surface area (TPSA) is 156 Å². The Hall–Kier alpha value is -3.32. The molecular weight excluding hydrogens is 488 g/mol. The van der Waals surface area contributed by atoms with Crippen molar-refractivity contribution in [1.82, 2.24) is 24.4 Å². The van der Waals surface area contributed by atoms with Gasteiger partial charge in [0.25, 0.3) is 0 Å². The van der Waals surface area contributed by atoms with Crippen LogP contribution in [0.15, 0.2) is 30.9 Å². The smallest absolute Gasteiger partial charge is 0.316 e. The van der Waals surface area contributed by atoms with Gasteiger partial charge in [-0.05, 0) is 63.9 Å². The highest BCUT2D eigenvalue weighted by Gasteiger charge is 2.56. The highest BCUT2D eigenvalue weighted by atomic mass is 16.8. The van der Waals surface area contributed by atoms with Crippen LogP contribution in [0.25, 0.3) is 11.2 Å². The Morgan fingerprint density at radius 1 is 1.21 bits per heavy atom. The molecule has 0 spiro atoms. The molecule has 0 saturated carbocycles. The summed E-state index contributed by atoms with van der Waals surface area (Å²) in [6, 6.07) is 5.38. The number of nitrogen functional groups attached to an aromatic ring is 1. The summed E-state index contributed by atoms with van der Waals surface area (Å²) >= 11 is 0. The summed E-state index contributed by atoms with van der Waals surface area (Å²) < 4.78 is 20.9. The van der Waals surface area contributed by atoms with Crippen LogP contribution in [0.5, 0.6) is 0 Å². The number of hydrogen-bond donors (Lipinski definition) is 3. The SMILES string of the molecule is CCc1cccc(NC(N)=O)c1CCCN(C)C[C@H]1O[C@@H](n2cnc3c(N)ncnc32)[C@@H]2OC(C)(C)O[C@@H]21. The Morgan fingerprint density at radius 3 is 2.76 bits per heavy atom. The molecule has 1 aromatic carbocycles. The fourth-order valence-electron chi connectivity index (χ4n) is 5.52. The maximum Gasteiger partial charge on any atom is 0.316 e. The zero-order chi connectivity index (χ0) is 27.0. The number of carbonyl (C=O) groups excluding carboxylic acids is 1. The van der Waals surface area contributed by atoms with Gasteiger partial charge in [-0.3, -0.25) is 4.57 Å². The molecule has 0 bridgehead atoms. The van der Waals surface area contributed by atoms with E-state index in [0.717, 1.165) is 37.1 Å². The van der Waals surface area contributed by atoms with E-state index in [1.54, 1.807) is 6.33 Å². The number of anilines is 2. The number of nitrogens with zero attached hydrogens (tertiary/aromatic N) is 5. The quantitative estimate of drug-likeness (QED) is 0.383. The summed E-state index contributed by atoms with van der Waals surface area (Å²) in [5.74, 6) is -0.408. The molecule has 2 saturated heterocycles. The number of likely N-dealkylation sites (N-methyl/N-ethyl adjacent to an activating group) is 1. The van der Waals surface area contributed by atoms with Crippen LogP contribution in [-0.2, 0) is 27.1 Å². The molecule has 204 valence electrons. The molecule has 0 aliphatic carbocycles. The van der Waals surface area contributed by atoms with Crippen molar-refractivity contribution >= 4 is 28.7 Å². The third kappa shape index (κ3) is 5.17. The molecule has 2 aliphatic rings. The molecule has 5 N–H and O–H groups in total. The van der Waals surface area contributed by atoms with Gasteiger partial charge in [-0.15, -0.1) is 0 Å². The number of fused-ring (bicyclic) bond motifs is 2. The van der Waals surface area contributed by atoms with E-state index in [4.69, 9.17) is 25.7 Å². The number of urea groups is 1. The highest BCUT2D eigenvalue weighted by Crippen LogP contribution is 2.44. The standard InChI is InChI=1S/C26H36N8O4/c1-5-15-8-6-10-17(32-25(28)35)16(15)9-7-11-33(4)12-18-20-21(38-26(2,3)37-20)24(36-18)34-14-31-19-22(27)29-13-30-23(19)34/h6,8,10,13-14,18,20-21,24H,5,7,9,11-12H2,1-4H3,(H2,27,29,30)(H3,28,32,35)/t18-,20-,21-,24-/m1/s1. The van der Waals surface area contributed by atoms with Gasteiger partial charge in [-0.25, -0.2) is 19.7 Å². The van der Waals surface area contributed by atoms with Gasteiger partial charge in [0.1, 0.15) is 30.2 Å². The summed E-state index contributed by atoms with van der Waals surface area (Å²) in [5, 5.41) is 2.76. The number of amides is 2.